The van der Waals surface area contributed by atoms with E-state index in [1.54, 1.807) is 0 Å². The zero-order chi connectivity index (χ0) is 13.0. The third-order valence-electron chi connectivity index (χ3n) is 2.85. The van der Waals surface area contributed by atoms with Crippen LogP contribution in [0.2, 0.25) is 0 Å². The second-order valence-electron chi connectivity index (χ2n) is 4.39. The van der Waals surface area contributed by atoms with Crippen LogP contribution < -0.4 is 10.0 Å². The number of sulfonamides is 1. The van der Waals surface area contributed by atoms with Crippen LogP contribution in [0.3, 0.4) is 0 Å². The summed E-state index contributed by atoms with van der Waals surface area (Å²) in [5.74, 6) is 2.10. The maximum absolute atomic E-state index is 10.9. The molecule has 0 aromatic heterocycles. The minimum atomic E-state index is -3.08. The molecular formula is C12H18N2O2S2. The summed E-state index contributed by atoms with van der Waals surface area (Å²) in [4.78, 5) is 0. The monoisotopic (exact) mass is 286 g/mol. The van der Waals surface area contributed by atoms with E-state index in [1.165, 1.54) is 17.4 Å². The Hall–Kier alpha value is -0.560. The van der Waals surface area contributed by atoms with Crippen molar-refractivity contribution in [1.82, 2.24) is 10.0 Å². The van der Waals surface area contributed by atoms with Crippen LogP contribution >= 0.6 is 11.8 Å². The Morgan fingerprint density at radius 1 is 1.33 bits per heavy atom. The van der Waals surface area contributed by atoms with Crippen molar-refractivity contribution < 1.29 is 8.42 Å². The maximum atomic E-state index is 10.9. The lowest BCUT2D eigenvalue weighted by Crippen LogP contribution is -2.34. The second-order valence-corrected chi connectivity index (χ2v) is 7.25. The third kappa shape index (κ3) is 3.98. The first-order chi connectivity index (χ1) is 8.56. The van der Waals surface area contributed by atoms with E-state index >= 15 is 0 Å². The molecule has 1 atom stereocenters. The standard InChI is InChI=1S/C12H18N2O2S2/c1-18(15,16)14-7-6-13-12-9-17-8-10-4-2-3-5-11(10)12/h2-5,12-14H,6-9H2,1H3. The molecule has 1 aliphatic rings. The molecule has 100 valence electrons. The fourth-order valence-corrected chi connectivity index (χ4v) is 3.64. The molecule has 0 bridgehead atoms. The number of thioether (sulfide) groups is 1. The Kier molecular flexibility index (Phi) is 4.66. The van der Waals surface area contributed by atoms with E-state index in [1.807, 2.05) is 11.8 Å². The van der Waals surface area contributed by atoms with Gasteiger partial charge in [-0.1, -0.05) is 24.3 Å². The molecule has 2 rings (SSSR count). The molecule has 1 aliphatic heterocycles. The van der Waals surface area contributed by atoms with E-state index in [4.69, 9.17) is 0 Å². The van der Waals surface area contributed by atoms with Crippen LogP contribution in [-0.4, -0.2) is 33.5 Å². The van der Waals surface area contributed by atoms with Crippen LogP contribution in [0, 0.1) is 0 Å². The highest BCUT2D eigenvalue weighted by Gasteiger charge is 2.19. The second kappa shape index (κ2) is 6.06. The summed E-state index contributed by atoms with van der Waals surface area (Å²) in [6, 6.07) is 8.74. The highest BCUT2D eigenvalue weighted by molar-refractivity contribution is 7.98. The Morgan fingerprint density at radius 3 is 2.89 bits per heavy atom. The molecule has 0 aliphatic carbocycles. The molecule has 0 amide bonds. The zero-order valence-corrected chi connectivity index (χ0v) is 12.0. The number of hydrogen-bond donors (Lipinski definition) is 2. The van der Waals surface area contributed by atoms with Crippen LogP contribution in [0.25, 0.3) is 0 Å². The van der Waals surface area contributed by atoms with E-state index in [0.29, 0.717) is 19.1 Å². The molecule has 1 aromatic carbocycles. The van der Waals surface area contributed by atoms with Gasteiger partial charge < -0.3 is 5.32 Å². The van der Waals surface area contributed by atoms with Gasteiger partial charge in [0.2, 0.25) is 10.0 Å². The predicted octanol–water partition coefficient (Wildman–Crippen LogP) is 1.11. The highest BCUT2D eigenvalue weighted by Crippen LogP contribution is 2.31. The third-order valence-corrected chi connectivity index (χ3v) is 4.67. The van der Waals surface area contributed by atoms with Gasteiger partial charge in [-0.25, -0.2) is 13.1 Å². The van der Waals surface area contributed by atoms with Gasteiger partial charge in [0.1, 0.15) is 0 Å². The number of fused-ring (bicyclic) bond motifs is 1. The molecule has 18 heavy (non-hydrogen) atoms. The Morgan fingerprint density at radius 2 is 2.11 bits per heavy atom. The summed E-state index contributed by atoms with van der Waals surface area (Å²) in [6.45, 7) is 1.08. The Bertz CT molecular complexity index is 503. The van der Waals surface area contributed by atoms with Gasteiger partial charge in [-0.05, 0) is 11.1 Å². The van der Waals surface area contributed by atoms with Crippen LogP contribution in [0.5, 0.6) is 0 Å². The molecule has 6 heteroatoms. The van der Waals surface area contributed by atoms with Gasteiger partial charge in [-0.2, -0.15) is 11.8 Å². The van der Waals surface area contributed by atoms with E-state index in [0.717, 1.165) is 11.5 Å². The molecule has 0 spiro atoms. The van der Waals surface area contributed by atoms with E-state index in [-0.39, 0.29) is 0 Å². The van der Waals surface area contributed by atoms with Crippen molar-refractivity contribution in [3.63, 3.8) is 0 Å². The molecule has 0 fully saturated rings. The first-order valence-electron chi connectivity index (χ1n) is 5.90. The van der Waals surface area contributed by atoms with Crippen molar-refractivity contribution in [1.29, 1.82) is 0 Å². The fourth-order valence-electron chi connectivity index (χ4n) is 2.03. The number of nitrogens with one attached hydrogen (secondary N) is 2. The van der Waals surface area contributed by atoms with E-state index in [2.05, 4.69) is 34.3 Å². The first kappa shape index (κ1) is 13.9. The SMILES string of the molecule is CS(=O)(=O)NCCNC1CSCc2ccccc21. The van der Waals surface area contributed by atoms with Crippen molar-refractivity contribution in [3.05, 3.63) is 35.4 Å². The van der Waals surface area contributed by atoms with E-state index in [9.17, 15) is 8.42 Å². The van der Waals surface area contributed by atoms with Gasteiger partial charge in [0, 0.05) is 30.6 Å². The van der Waals surface area contributed by atoms with Gasteiger partial charge in [0.25, 0.3) is 0 Å². The summed E-state index contributed by atoms with van der Waals surface area (Å²) in [6.07, 6.45) is 1.18. The molecule has 1 unspecified atom stereocenters. The lowest BCUT2D eigenvalue weighted by molar-refractivity contribution is 0.557. The lowest BCUT2D eigenvalue weighted by atomic mass is 10.0. The van der Waals surface area contributed by atoms with Crippen LogP contribution in [-0.2, 0) is 15.8 Å². The molecule has 0 saturated heterocycles. The molecule has 1 heterocycles. The predicted molar refractivity (Wildman–Crippen MR) is 76.2 cm³/mol. The fraction of sp³-hybridized carbons (Fsp3) is 0.500. The highest BCUT2D eigenvalue weighted by atomic mass is 32.2. The molecule has 2 N–H and O–H groups in total. The van der Waals surface area contributed by atoms with Crippen molar-refractivity contribution in [2.45, 2.75) is 11.8 Å². The summed E-state index contributed by atoms with van der Waals surface area (Å²) < 4.78 is 24.4. The minimum absolute atomic E-state index is 0.321. The van der Waals surface area contributed by atoms with Gasteiger partial charge >= 0.3 is 0 Å². The van der Waals surface area contributed by atoms with Gasteiger partial charge in [-0.3, -0.25) is 0 Å². The maximum Gasteiger partial charge on any atom is 0.208 e. The average Bonchev–Trinajstić information content (AvgIpc) is 2.33. The summed E-state index contributed by atoms with van der Waals surface area (Å²) in [5, 5.41) is 3.40. The van der Waals surface area contributed by atoms with Crippen LogP contribution in [0.4, 0.5) is 0 Å². The van der Waals surface area contributed by atoms with Gasteiger partial charge in [-0.15, -0.1) is 0 Å². The Labute approximate surface area is 113 Å². The van der Waals surface area contributed by atoms with Crippen molar-refractivity contribution in [2.75, 3.05) is 25.1 Å². The van der Waals surface area contributed by atoms with E-state index < -0.39 is 10.0 Å². The number of benzene rings is 1. The average molecular weight is 286 g/mol. The number of rotatable bonds is 5. The van der Waals surface area contributed by atoms with Gasteiger partial charge in [0.05, 0.1) is 6.26 Å². The molecule has 1 aromatic rings. The molecule has 0 radical (unpaired) electrons. The summed E-state index contributed by atoms with van der Waals surface area (Å²) in [5.41, 5.74) is 2.72. The Balaban J connectivity index is 1.88. The quantitative estimate of drug-likeness (QED) is 0.796. The minimum Gasteiger partial charge on any atom is -0.308 e. The topological polar surface area (TPSA) is 58.2 Å². The molecule has 4 nitrogen and oxygen atoms in total. The van der Waals surface area contributed by atoms with Gasteiger partial charge in [0.15, 0.2) is 0 Å². The lowest BCUT2D eigenvalue weighted by Gasteiger charge is -2.26. The largest absolute Gasteiger partial charge is 0.308 e. The first-order valence-corrected chi connectivity index (χ1v) is 8.94. The van der Waals surface area contributed by atoms with Crippen LogP contribution in [0.15, 0.2) is 24.3 Å². The number of hydrogen-bond acceptors (Lipinski definition) is 4. The summed E-state index contributed by atoms with van der Waals surface area (Å²) >= 11 is 1.91. The van der Waals surface area contributed by atoms with Crippen molar-refractivity contribution >= 4 is 21.8 Å². The van der Waals surface area contributed by atoms with Crippen molar-refractivity contribution in [3.8, 4) is 0 Å². The smallest absolute Gasteiger partial charge is 0.208 e. The summed E-state index contributed by atoms with van der Waals surface area (Å²) in [7, 11) is -3.08. The zero-order valence-electron chi connectivity index (χ0n) is 10.3. The van der Waals surface area contributed by atoms with Crippen molar-refractivity contribution in [2.24, 2.45) is 0 Å². The molecular weight excluding hydrogens is 268 g/mol. The molecule has 0 saturated carbocycles. The van der Waals surface area contributed by atoms with Crippen LogP contribution in [0.1, 0.15) is 17.2 Å². The normalized spacial score (nSPS) is 19.5.